The molecule has 1 rings (SSSR count). The van der Waals surface area contributed by atoms with Crippen LogP contribution in [0.15, 0.2) is 0 Å². The zero-order valence-electron chi connectivity index (χ0n) is 9.14. The number of amides is 1. The Bertz CT molecular complexity index is 165. The van der Waals surface area contributed by atoms with Crippen molar-refractivity contribution in [2.75, 3.05) is 19.6 Å². The second kappa shape index (κ2) is 6.82. The Labute approximate surface area is 86.6 Å². The molecule has 2 N–H and O–H groups in total. The van der Waals surface area contributed by atoms with Crippen LogP contribution >= 0.6 is 0 Å². The Morgan fingerprint density at radius 3 is 3.07 bits per heavy atom. The molecule has 82 valence electrons. The van der Waals surface area contributed by atoms with Gasteiger partial charge in [-0.2, -0.15) is 0 Å². The fourth-order valence-corrected chi connectivity index (χ4v) is 1.90. The number of hydrogen-bond acceptors (Lipinski definition) is 2. The van der Waals surface area contributed by atoms with Gasteiger partial charge in [0.2, 0.25) is 5.91 Å². The van der Waals surface area contributed by atoms with Gasteiger partial charge in [0, 0.05) is 13.0 Å². The van der Waals surface area contributed by atoms with E-state index in [1.165, 1.54) is 19.4 Å². The van der Waals surface area contributed by atoms with Crippen molar-refractivity contribution in [3.8, 4) is 0 Å². The lowest BCUT2D eigenvalue weighted by Gasteiger charge is -2.22. The average Bonchev–Trinajstić information content (AvgIpc) is 2.20. The Morgan fingerprint density at radius 1 is 1.57 bits per heavy atom. The standard InChI is InChI=1S/C11H22N2O/c1-2-4-11(14)13-8-6-10-5-3-7-12-9-10/h10,12H,2-9H2,1H3,(H,13,14). The fourth-order valence-electron chi connectivity index (χ4n) is 1.90. The summed E-state index contributed by atoms with van der Waals surface area (Å²) in [6, 6.07) is 0. The Kier molecular flexibility index (Phi) is 5.60. The number of piperidine rings is 1. The molecule has 1 aliphatic heterocycles. The van der Waals surface area contributed by atoms with Crippen LogP contribution in [0.1, 0.15) is 39.0 Å². The van der Waals surface area contributed by atoms with Crippen molar-refractivity contribution in [1.29, 1.82) is 0 Å². The zero-order valence-corrected chi connectivity index (χ0v) is 9.14. The molecule has 0 aliphatic carbocycles. The third-order valence-corrected chi connectivity index (χ3v) is 2.75. The minimum absolute atomic E-state index is 0.205. The smallest absolute Gasteiger partial charge is 0.219 e. The van der Waals surface area contributed by atoms with Gasteiger partial charge in [-0.25, -0.2) is 0 Å². The minimum atomic E-state index is 0.205. The number of rotatable bonds is 5. The van der Waals surface area contributed by atoms with E-state index in [2.05, 4.69) is 10.6 Å². The first-order valence-corrected chi connectivity index (χ1v) is 5.80. The van der Waals surface area contributed by atoms with Crippen molar-refractivity contribution in [2.24, 2.45) is 5.92 Å². The van der Waals surface area contributed by atoms with Crippen LogP contribution in [-0.4, -0.2) is 25.5 Å². The molecule has 0 aromatic rings. The first kappa shape index (κ1) is 11.5. The summed E-state index contributed by atoms with van der Waals surface area (Å²) in [5.74, 6) is 0.974. The van der Waals surface area contributed by atoms with Gasteiger partial charge in [0.15, 0.2) is 0 Å². The van der Waals surface area contributed by atoms with E-state index >= 15 is 0 Å². The first-order chi connectivity index (χ1) is 6.83. The summed E-state index contributed by atoms with van der Waals surface area (Å²) >= 11 is 0. The molecule has 1 unspecified atom stereocenters. The maximum atomic E-state index is 11.2. The number of nitrogens with one attached hydrogen (secondary N) is 2. The van der Waals surface area contributed by atoms with Gasteiger partial charge in [-0.15, -0.1) is 0 Å². The van der Waals surface area contributed by atoms with Gasteiger partial charge >= 0.3 is 0 Å². The molecule has 1 aliphatic rings. The molecular formula is C11H22N2O. The quantitative estimate of drug-likeness (QED) is 0.699. The fraction of sp³-hybridized carbons (Fsp3) is 0.909. The van der Waals surface area contributed by atoms with E-state index in [0.29, 0.717) is 6.42 Å². The predicted molar refractivity (Wildman–Crippen MR) is 58.1 cm³/mol. The molecule has 1 amide bonds. The Morgan fingerprint density at radius 2 is 2.43 bits per heavy atom. The predicted octanol–water partition coefficient (Wildman–Crippen LogP) is 1.29. The molecule has 0 spiro atoms. The highest BCUT2D eigenvalue weighted by Gasteiger charge is 2.12. The van der Waals surface area contributed by atoms with Crippen LogP contribution in [-0.2, 0) is 4.79 Å². The molecule has 0 radical (unpaired) electrons. The number of carbonyl (C=O) groups excluding carboxylic acids is 1. The second-order valence-electron chi connectivity index (χ2n) is 4.10. The monoisotopic (exact) mass is 198 g/mol. The van der Waals surface area contributed by atoms with Gasteiger partial charge in [-0.05, 0) is 44.7 Å². The second-order valence-corrected chi connectivity index (χ2v) is 4.10. The molecule has 0 aromatic heterocycles. The summed E-state index contributed by atoms with van der Waals surface area (Å²) in [7, 11) is 0. The highest BCUT2D eigenvalue weighted by molar-refractivity contribution is 5.75. The summed E-state index contributed by atoms with van der Waals surface area (Å²) < 4.78 is 0. The third kappa shape index (κ3) is 4.61. The lowest BCUT2D eigenvalue weighted by Crippen LogP contribution is -2.33. The number of hydrogen-bond donors (Lipinski definition) is 2. The zero-order chi connectivity index (χ0) is 10.2. The molecule has 1 saturated heterocycles. The molecule has 0 bridgehead atoms. The van der Waals surface area contributed by atoms with E-state index in [4.69, 9.17) is 0 Å². The molecule has 0 aromatic carbocycles. The van der Waals surface area contributed by atoms with Gasteiger partial charge < -0.3 is 10.6 Å². The molecule has 1 heterocycles. The van der Waals surface area contributed by atoms with Crippen LogP contribution in [0, 0.1) is 5.92 Å². The average molecular weight is 198 g/mol. The van der Waals surface area contributed by atoms with Crippen LogP contribution in [0.5, 0.6) is 0 Å². The van der Waals surface area contributed by atoms with E-state index in [1.807, 2.05) is 6.92 Å². The molecule has 1 fully saturated rings. The summed E-state index contributed by atoms with van der Waals surface area (Å²) in [6.45, 7) is 5.18. The van der Waals surface area contributed by atoms with Gasteiger partial charge in [0.1, 0.15) is 0 Å². The maximum Gasteiger partial charge on any atom is 0.219 e. The molecule has 3 heteroatoms. The van der Waals surface area contributed by atoms with Crippen molar-refractivity contribution in [1.82, 2.24) is 10.6 Å². The van der Waals surface area contributed by atoms with Gasteiger partial charge in [-0.3, -0.25) is 4.79 Å². The maximum absolute atomic E-state index is 11.2. The summed E-state index contributed by atoms with van der Waals surface area (Å²) in [5.41, 5.74) is 0. The Balaban J connectivity index is 1.99. The van der Waals surface area contributed by atoms with Crippen LogP contribution < -0.4 is 10.6 Å². The molecular weight excluding hydrogens is 176 g/mol. The normalized spacial score (nSPS) is 21.9. The highest BCUT2D eigenvalue weighted by Crippen LogP contribution is 2.12. The molecule has 14 heavy (non-hydrogen) atoms. The Hall–Kier alpha value is -0.570. The van der Waals surface area contributed by atoms with Crippen LogP contribution in [0.3, 0.4) is 0 Å². The SMILES string of the molecule is CCCC(=O)NCCC1CCCNC1. The summed E-state index contributed by atoms with van der Waals surface area (Å²) in [5, 5.41) is 6.35. The lowest BCUT2D eigenvalue weighted by atomic mass is 9.96. The largest absolute Gasteiger partial charge is 0.356 e. The van der Waals surface area contributed by atoms with Crippen molar-refractivity contribution in [3.05, 3.63) is 0 Å². The van der Waals surface area contributed by atoms with Crippen molar-refractivity contribution >= 4 is 5.91 Å². The minimum Gasteiger partial charge on any atom is -0.356 e. The summed E-state index contributed by atoms with van der Waals surface area (Å²) in [6.07, 6.45) is 5.34. The van der Waals surface area contributed by atoms with Crippen molar-refractivity contribution in [3.63, 3.8) is 0 Å². The molecule has 1 atom stereocenters. The van der Waals surface area contributed by atoms with E-state index in [9.17, 15) is 4.79 Å². The van der Waals surface area contributed by atoms with E-state index < -0.39 is 0 Å². The van der Waals surface area contributed by atoms with Crippen LogP contribution in [0.4, 0.5) is 0 Å². The first-order valence-electron chi connectivity index (χ1n) is 5.80. The lowest BCUT2D eigenvalue weighted by molar-refractivity contribution is -0.121. The van der Waals surface area contributed by atoms with Gasteiger partial charge in [0.25, 0.3) is 0 Å². The number of carbonyl (C=O) groups is 1. The highest BCUT2D eigenvalue weighted by atomic mass is 16.1. The van der Waals surface area contributed by atoms with Crippen molar-refractivity contribution in [2.45, 2.75) is 39.0 Å². The van der Waals surface area contributed by atoms with E-state index in [0.717, 1.165) is 31.8 Å². The van der Waals surface area contributed by atoms with E-state index in [-0.39, 0.29) is 5.91 Å². The topological polar surface area (TPSA) is 41.1 Å². The van der Waals surface area contributed by atoms with Gasteiger partial charge in [-0.1, -0.05) is 6.92 Å². The molecule has 0 saturated carbocycles. The van der Waals surface area contributed by atoms with Crippen LogP contribution in [0.2, 0.25) is 0 Å². The van der Waals surface area contributed by atoms with E-state index in [1.54, 1.807) is 0 Å². The molecule has 3 nitrogen and oxygen atoms in total. The third-order valence-electron chi connectivity index (χ3n) is 2.75. The summed E-state index contributed by atoms with van der Waals surface area (Å²) in [4.78, 5) is 11.2. The van der Waals surface area contributed by atoms with Gasteiger partial charge in [0.05, 0.1) is 0 Å². The van der Waals surface area contributed by atoms with Crippen LogP contribution in [0.25, 0.3) is 0 Å². The van der Waals surface area contributed by atoms with Crippen molar-refractivity contribution < 1.29 is 4.79 Å².